The van der Waals surface area contributed by atoms with Crippen LogP contribution in [0, 0.1) is 18.8 Å². The van der Waals surface area contributed by atoms with Gasteiger partial charge in [-0.05, 0) is 31.9 Å². The Balaban J connectivity index is 1.27. The normalized spacial score (nSPS) is 21.8. The third-order valence-corrected chi connectivity index (χ3v) is 7.37. The zero-order chi connectivity index (χ0) is 19.7. The van der Waals surface area contributed by atoms with E-state index >= 15 is 0 Å². The van der Waals surface area contributed by atoms with Crippen LogP contribution >= 0.6 is 22.7 Å². The van der Waals surface area contributed by atoms with Crippen molar-refractivity contribution >= 4 is 40.4 Å². The molecular weight excluding hydrogens is 394 g/mol. The lowest BCUT2D eigenvalue weighted by Gasteiger charge is -2.19. The van der Waals surface area contributed by atoms with Crippen molar-refractivity contribution < 1.29 is 14.4 Å². The number of thiophene rings is 1. The highest BCUT2D eigenvalue weighted by Gasteiger charge is 2.47. The van der Waals surface area contributed by atoms with Crippen LogP contribution in [0.1, 0.15) is 42.0 Å². The van der Waals surface area contributed by atoms with Crippen LogP contribution in [0.5, 0.6) is 0 Å². The molecule has 2 aromatic heterocycles. The molecule has 2 atom stereocenters. The molecule has 8 heteroatoms. The molecule has 0 spiro atoms. The molecule has 2 aliphatic rings. The molecule has 1 aliphatic heterocycles. The predicted molar refractivity (Wildman–Crippen MR) is 109 cm³/mol. The highest BCUT2D eigenvalue weighted by atomic mass is 32.1. The van der Waals surface area contributed by atoms with Crippen molar-refractivity contribution in [2.24, 2.45) is 11.8 Å². The summed E-state index contributed by atoms with van der Waals surface area (Å²) in [5, 5.41) is 5.95. The summed E-state index contributed by atoms with van der Waals surface area (Å²) in [6.07, 6.45) is 3.78. The van der Waals surface area contributed by atoms with Gasteiger partial charge < -0.3 is 5.32 Å². The number of carbonyl (C=O) groups excluding carboxylic acids is 3. The molecule has 1 aliphatic carbocycles. The molecule has 4 rings (SSSR count). The van der Waals surface area contributed by atoms with Crippen molar-refractivity contribution in [2.75, 3.05) is 6.54 Å². The third kappa shape index (κ3) is 3.89. The zero-order valence-electron chi connectivity index (χ0n) is 15.8. The van der Waals surface area contributed by atoms with Crippen LogP contribution in [0.25, 0.3) is 10.6 Å². The molecule has 1 N–H and O–H groups in total. The first kappa shape index (κ1) is 19.3. The number of hydrogen-bond acceptors (Lipinski definition) is 6. The van der Waals surface area contributed by atoms with Crippen LogP contribution in [0.3, 0.4) is 0 Å². The maximum absolute atomic E-state index is 12.5. The van der Waals surface area contributed by atoms with Crippen LogP contribution in [0.4, 0.5) is 0 Å². The smallest absolute Gasteiger partial charge is 0.233 e. The number of nitrogens with one attached hydrogen (secondary N) is 1. The van der Waals surface area contributed by atoms with E-state index in [1.807, 2.05) is 24.4 Å². The molecule has 148 valence electrons. The van der Waals surface area contributed by atoms with Crippen molar-refractivity contribution in [1.29, 1.82) is 0 Å². The lowest BCUT2D eigenvalue weighted by atomic mass is 9.81. The number of nitrogens with zero attached hydrogens (tertiary/aromatic N) is 2. The van der Waals surface area contributed by atoms with Crippen LogP contribution in [0.15, 0.2) is 17.5 Å². The van der Waals surface area contributed by atoms with E-state index in [-0.39, 0.29) is 42.5 Å². The second-order valence-electron chi connectivity index (χ2n) is 7.37. The molecule has 0 bridgehead atoms. The summed E-state index contributed by atoms with van der Waals surface area (Å²) in [7, 11) is 0. The number of amides is 3. The van der Waals surface area contributed by atoms with Crippen molar-refractivity contribution in [3.8, 4) is 10.6 Å². The number of aryl methyl sites for hydroxylation is 1. The summed E-state index contributed by atoms with van der Waals surface area (Å²) >= 11 is 3.23. The van der Waals surface area contributed by atoms with E-state index in [0.29, 0.717) is 6.54 Å². The predicted octanol–water partition coefficient (Wildman–Crippen LogP) is 3.36. The Labute approximate surface area is 172 Å². The number of rotatable bonds is 6. The van der Waals surface area contributed by atoms with E-state index in [4.69, 9.17) is 0 Å². The molecule has 6 nitrogen and oxygen atoms in total. The summed E-state index contributed by atoms with van der Waals surface area (Å²) in [4.78, 5) is 45.0. The lowest BCUT2D eigenvalue weighted by Crippen LogP contribution is -2.35. The molecule has 3 heterocycles. The fraction of sp³-hybridized carbons (Fsp3) is 0.500. The van der Waals surface area contributed by atoms with Gasteiger partial charge in [-0.25, -0.2) is 4.98 Å². The maximum atomic E-state index is 12.5. The summed E-state index contributed by atoms with van der Waals surface area (Å²) in [5.74, 6) is -0.603. The number of carbonyl (C=O) groups is 3. The molecule has 2 aromatic rings. The van der Waals surface area contributed by atoms with Gasteiger partial charge in [-0.3, -0.25) is 19.3 Å². The number of thiazole rings is 1. The van der Waals surface area contributed by atoms with Gasteiger partial charge in [0.2, 0.25) is 17.7 Å². The number of aromatic nitrogens is 1. The Hall–Kier alpha value is -2.06. The molecule has 2 fully saturated rings. The molecule has 0 radical (unpaired) electrons. The Kier molecular flexibility index (Phi) is 5.59. The van der Waals surface area contributed by atoms with Crippen LogP contribution in [-0.4, -0.2) is 34.2 Å². The van der Waals surface area contributed by atoms with E-state index in [1.54, 1.807) is 22.7 Å². The molecule has 1 saturated heterocycles. The topological polar surface area (TPSA) is 79.4 Å². The van der Waals surface area contributed by atoms with Gasteiger partial charge in [-0.2, -0.15) is 0 Å². The monoisotopic (exact) mass is 417 g/mol. The summed E-state index contributed by atoms with van der Waals surface area (Å²) in [6.45, 7) is 2.61. The average molecular weight is 418 g/mol. The van der Waals surface area contributed by atoms with E-state index in [1.165, 1.54) is 4.90 Å². The van der Waals surface area contributed by atoms with Crippen LogP contribution in [0.2, 0.25) is 0 Å². The second-order valence-corrected chi connectivity index (χ2v) is 9.60. The average Bonchev–Trinajstić information content (AvgIpc) is 3.39. The van der Waals surface area contributed by atoms with Crippen LogP contribution < -0.4 is 5.32 Å². The van der Waals surface area contributed by atoms with E-state index in [9.17, 15) is 14.4 Å². The van der Waals surface area contributed by atoms with Gasteiger partial charge in [0, 0.05) is 23.2 Å². The standard InChI is InChI=1S/C20H23N3O3S2/c1-12-22-16(11-27-12)17-7-6-13(28-17)10-21-18(24)8-9-23-19(25)14-4-2-3-5-15(14)20(23)26/h6-7,11,14-15H,2-5,8-10H2,1H3,(H,21,24)/t14-,15-/m0/s1. The Morgan fingerprint density at radius 3 is 2.57 bits per heavy atom. The summed E-state index contributed by atoms with van der Waals surface area (Å²) in [5.41, 5.74) is 0.970. The fourth-order valence-corrected chi connectivity index (χ4v) is 5.62. The van der Waals surface area contributed by atoms with Gasteiger partial charge >= 0.3 is 0 Å². The van der Waals surface area contributed by atoms with Crippen molar-refractivity contribution in [2.45, 2.75) is 45.6 Å². The molecule has 28 heavy (non-hydrogen) atoms. The van der Waals surface area contributed by atoms with Gasteiger partial charge in [0.25, 0.3) is 0 Å². The SMILES string of the molecule is Cc1nc(-c2ccc(CNC(=O)CCN3C(=O)[C@H]4CCCC[C@@H]4C3=O)s2)cs1. The second kappa shape index (κ2) is 8.13. The van der Waals surface area contributed by atoms with E-state index < -0.39 is 0 Å². The van der Waals surface area contributed by atoms with Crippen molar-refractivity contribution in [1.82, 2.24) is 15.2 Å². The zero-order valence-corrected chi connectivity index (χ0v) is 17.4. The minimum atomic E-state index is -0.150. The van der Waals surface area contributed by atoms with Crippen molar-refractivity contribution in [3.63, 3.8) is 0 Å². The number of hydrogen-bond donors (Lipinski definition) is 1. The third-order valence-electron chi connectivity index (χ3n) is 5.49. The van der Waals surface area contributed by atoms with E-state index in [2.05, 4.69) is 10.3 Å². The Morgan fingerprint density at radius 2 is 1.93 bits per heavy atom. The molecule has 1 saturated carbocycles. The first-order valence-corrected chi connectivity index (χ1v) is 11.4. The highest BCUT2D eigenvalue weighted by Crippen LogP contribution is 2.38. The Bertz CT molecular complexity index is 880. The minimum Gasteiger partial charge on any atom is -0.351 e. The lowest BCUT2D eigenvalue weighted by molar-refractivity contribution is -0.140. The van der Waals surface area contributed by atoms with Gasteiger partial charge in [0.05, 0.1) is 34.0 Å². The summed E-state index contributed by atoms with van der Waals surface area (Å²) in [6, 6.07) is 4.01. The van der Waals surface area contributed by atoms with E-state index in [0.717, 1.165) is 46.1 Å². The minimum absolute atomic E-state index is 0.0797. The Morgan fingerprint density at radius 1 is 1.21 bits per heavy atom. The number of imide groups is 1. The van der Waals surface area contributed by atoms with Gasteiger partial charge in [-0.15, -0.1) is 22.7 Å². The van der Waals surface area contributed by atoms with Gasteiger partial charge in [-0.1, -0.05) is 12.8 Å². The van der Waals surface area contributed by atoms with Crippen molar-refractivity contribution in [3.05, 3.63) is 27.4 Å². The fourth-order valence-electron chi connectivity index (χ4n) is 4.03. The first-order chi connectivity index (χ1) is 13.5. The first-order valence-electron chi connectivity index (χ1n) is 9.66. The summed E-state index contributed by atoms with van der Waals surface area (Å²) < 4.78 is 0. The number of likely N-dealkylation sites (tertiary alicyclic amines) is 1. The molecule has 3 amide bonds. The quantitative estimate of drug-likeness (QED) is 0.731. The van der Waals surface area contributed by atoms with Gasteiger partial charge in [0.1, 0.15) is 0 Å². The number of fused-ring (bicyclic) bond motifs is 1. The molecule has 0 aromatic carbocycles. The largest absolute Gasteiger partial charge is 0.351 e. The van der Waals surface area contributed by atoms with Crippen LogP contribution in [-0.2, 0) is 20.9 Å². The highest BCUT2D eigenvalue weighted by molar-refractivity contribution is 7.16. The molecule has 0 unspecified atom stereocenters. The van der Waals surface area contributed by atoms with Gasteiger partial charge in [0.15, 0.2) is 0 Å². The maximum Gasteiger partial charge on any atom is 0.233 e. The molecular formula is C20H23N3O3S2.